The number of rotatable bonds is 6. The van der Waals surface area contributed by atoms with Gasteiger partial charge in [-0.2, -0.15) is 5.10 Å². The minimum absolute atomic E-state index is 0. The molecule has 10 heteroatoms. The van der Waals surface area contributed by atoms with Gasteiger partial charge < -0.3 is 15.8 Å². The zero-order chi connectivity index (χ0) is 17.6. The Hall–Kier alpha value is -1.98. The van der Waals surface area contributed by atoms with Gasteiger partial charge in [-0.25, -0.2) is 0 Å². The lowest BCUT2D eigenvalue weighted by Gasteiger charge is -2.10. The van der Waals surface area contributed by atoms with E-state index in [0.29, 0.717) is 12.2 Å². The number of nitrogens with zero attached hydrogens (tertiary/aromatic N) is 3. The maximum atomic E-state index is 12.1. The van der Waals surface area contributed by atoms with Crippen LogP contribution in [-0.4, -0.2) is 28.6 Å². The molecule has 6 nitrogen and oxygen atoms in total. The number of aliphatic imine (C=N–C) groups is 1. The van der Waals surface area contributed by atoms with Gasteiger partial charge in [0.25, 0.3) is 0 Å². The third kappa shape index (κ3) is 8.09. The molecule has 2 rings (SSSR count). The summed E-state index contributed by atoms with van der Waals surface area (Å²) >= 11 is 0. The highest BCUT2D eigenvalue weighted by molar-refractivity contribution is 14.0. The van der Waals surface area contributed by atoms with Crippen LogP contribution in [0.3, 0.4) is 0 Å². The molecule has 25 heavy (non-hydrogen) atoms. The number of hydrogen-bond donors (Lipinski definition) is 2. The van der Waals surface area contributed by atoms with Gasteiger partial charge in [0.05, 0.1) is 6.20 Å². The first-order chi connectivity index (χ1) is 11.3. The van der Waals surface area contributed by atoms with Gasteiger partial charge in [0.2, 0.25) is 0 Å². The van der Waals surface area contributed by atoms with E-state index < -0.39 is 6.36 Å². The molecule has 138 valence electrons. The van der Waals surface area contributed by atoms with Gasteiger partial charge in [0.1, 0.15) is 5.75 Å². The van der Waals surface area contributed by atoms with Crippen LogP contribution < -0.4 is 15.8 Å². The van der Waals surface area contributed by atoms with Crippen molar-refractivity contribution in [2.24, 2.45) is 17.8 Å². The smallest absolute Gasteiger partial charge is 0.406 e. The van der Waals surface area contributed by atoms with Crippen molar-refractivity contribution in [3.05, 3.63) is 42.2 Å². The Bertz CT molecular complexity index is 685. The normalized spacial score (nSPS) is 11.8. The number of halogens is 4. The van der Waals surface area contributed by atoms with Crippen molar-refractivity contribution < 1.29 is 17.9 Å². The number of ether oxygens (including phenoxy) is 1. The molecule has 0 bridgehead atoms. The van der Waals surface area contributed by atoms with Crippen LogP contribution in [-0.2, 0) is 13.5 Å². The molecule has 2 aromatic rings. The molecule has 0 radical (unpaired) electrons. The van der Waals surface area contributed by atoms with E-state index in [1.165, 1.54) is 24.3 Å². The van der Waals surface area contributed by atoms with Gasteiger partial charge in [0, 0.05) is 25.5 Å². The Kier molecular flexibility index (Phi) is 8.00. The van der Waals surface area contributed by atoms with E-state index >= 15 is 0 Å². The number of alkyl halides is 3. The summed E-state index contributed by atoms with van der Waals surface area (Å²) in [6.07, 6.45) is 0.691. The van der Waals surface area contributed by atoms with E-state index in [1.54, 1.807) is 10.9 Å². The molecular formula is C15H19F3IN5O. The van der Waals surface area contributed by atoms with Crippen LogP contribution in [0.25, 0.3) is 0 Å². The van der Waals surface area contributed by atoms with Crippen LogP contribution >= 0.6 is 24.0 Å². The second-order valence-corrected chi connectivity index (χ2v) is 5.09. The fourth-order valence-electron chi connectivity index (χ4n) is 2.01. The first-order valence-electron chi connectivity index (χ1n) is 7.22. The molecule has 0 saturated heterocycles. The molecule has 0 spiro atoms. The quantitative estimate of drug-likeness (QED) is 0.295. The fraction of sp³-hybridized carbons (Fsp3) is 0.333. The highest BCUT2D eigenvalue weighted by atomic mass is 127. The van der Waals surface area contributed by atoms with Crippen LogP contribution in [0.5, 0.6) is 5.75 Å². The van der Waals surface area contributed by atoms with E-state index in [0.717, 1.165) is 18.4 Å². The molecule has 1 aromatic carbocycles. The molecule has 3 N–H and O–H groups in total. The van der Waals surface area contributed by atoms with Crippen molar-refractivity contribution >= 4 is 35.6 Å². The van der Waals surface area contributed by atoms with E-state index in [2.05, 4.69) is 20.1 Å². The maximum absolute atomic E-state index is 12.1. The summed E-state index contributed by atoms with van der Waals surface area (Å²) in [4.78, 5) is 4.17. The monoisotopic (exact) mass is 469 g/mol. The maximum Gasteiger partial charge on any atom is 0.573 e. The summed E-state index contributed by atoms with van der Waals surface area (Å²) in [6.45, 7) is 0.531. The van der Waals surface area contributed by atoms with Crippen molar-refractivity contribution in [2.75, 3.05) is 11.9 Å². The van der Waals surface area contributed by atoms with Crippen LogP contribution in [0.2, 0.25) is 0 Å². The molecule has 0 aliphatic carbocycles. The predicted molar refractivity (Wildman–Crippen MR) is 100 cm³/mol. The van der Waals surface area contributed by atoms with E-state index in [4.69, 9.17) is 5.73 Å². The Labute approximate surface area is 160 Å². The highest BCUT2D eigenvalue weighted by Crippen LogP contribution is 2.23. The Morgan fingerprint density at radius 1 is 1.32 bits per heavy atom. The molecule has 0 amide bonds. The summed E-state index contributed by atoms with van der Waals surface area (Å²) in [6, 6.07) is 5.26. The second kappa shape index (κ2) is 9.49. The fourth-order valence-corrected chi connectivity index (χ4v) is 2.01. The summed E-state index contributed by atoms with van der Waals surface area (Å²) in [7, 11) is 1.86. The number of aromatic nitrogens is 2. The van der Waals surface area contributed by atoms with Gasteiger partial charge in [-0.15, -0.1) is 37.1 Å². The molecule has 0 atom stereocenters. The standard InChI is InChI=1S/C15H18F3N5O.HI/c1-23-10-11(9-21-23)3-2-8-20-14(19)22-12-4-6-13(7-5-12)24-15(16,17)18;/h4-7,9-10H,2-3,8H2,1H3,(H3,19,20,22);1H. The molecular weight excluding hydrogens is 450 g/mol. The lowest BCUT2D eigenvalue weighted by atomic mass is 10.2. The Balaban J connectivity index is 0.00000312. The molecule has 0 fully saturated rings. The largest absolute Gasteiger partial charge is 0.573 e. The summed E-state index contributed by atoms with van der Waals surface area (Å²) in [5, 5.41) is 6.89. The third-order valence-corrected chi connectivity index (χ3v) is 3.02. The number of nitrogens with two attached hydrogens (primary N) is 1. The topological polar surface area (TPSA) is 77.5 Å². The van der Waals surface area contributed by atoms with Gasteiger partial charge in [-0.1, -0.05) is 0 Å². The van der Waals surface area contributed by atoms with E-state index in [1.807, 2.05) is 13.2 Å². The van der Waals surface area contributed by atoms with Crippen molar-refractivity contribution in [1.29, 1.82) is 0 Å². The first-order valence-corrected chi connectivity index (χ1v) is 7.22. The van der Waals surface area contributed by atoms with Crippen molar-refractivity contribution in [2.45, 2.75) is 19.2 Å². The average molecular weight is 469 g/mol. The van der Waals surface area contributed by atoms with Crippen LogP contribution in [0.1, 0.15) is 12.0 Å². The van der Waals surface area contributed by atoms with Gasteiger partial charge in [-0.05, 0) is 42.7 Å². The number of benzene rings is 1. The number of hydrogen-bond acceptors (Lipinski definition) is 3. The SMILES string of the molecule is Cn1cc(CCCN=C(N)Nc2ccc(OC(F)(F)F)cc2)cn1.I. The summed E-state index contributed by atoms with van der Waals surface area (Å²) < 4.78 is 41.7. The van der Waals surface area contributed by atoms with Crippen molar-refractivity contribution in [3.8, 4) is 5.75 Å². The van der Waals surface area contributed by atoms with Gasteiger partial charge >= 0.3 is 6.36 Å². The molecule has 0 aliphatic rings. The predicted octanol–water partition coefficient (Wildman–Crippen LogP) is 3.30. The molecule has 1 heterocycles. The van der Waals surface area contributed by atoms with Crippen LogP contribution in [0.15, 0.2) is 41.7 Å². The lowest BCUT2D eigenvalue weighted by molar-refractivity contribution is -0.274. The third-order valence-electron chi connectivity index (χ3n) is 3.02. The second-order valence-electron chi connectivity index (χ2n) is 5.09. The first kappa shape index (κ1) is 21.1. The minimum Gasteiger partial charge on any atom is -0.406 e. The summed E-state index contributed by atoms with van der Waals surface area (Å²) in [5.41, 5.74) is 7.39. The number of anilines is 1. The van der Waals surface area contributed by atoms with Crippen molar-refractivity contribution in [1.82, 2.24) is 9.78 Å². The van der Waals surface area contributed by atoms with Gasteiger partial charge in [-0.3, -0.25) is 9.67 Å². The lowest BCUT2D eigenvalue weighted by Crippen LogP contribution is -2.23. The zero-order valence-corrected chi connectivity index (χ0v) is 15.8. The van der Waals surface area contributed by atoms with Crippen molar-refractivity contribution in [3.63, 3.8) is 0 Å². The molecule has 0 aliphatic heterocycles. The zero-order valence-electron chi connectivity index (χ0n) is 13.5. The Morgan fingerprint density at radius 2 is 2.00 bits per heavy atom. The number of nitrogens with one attached hydrogen (secondary N) is 1. The van der Waals surface area contributed by atoms with Crippen LogP contribution in [0.4, 0.5) is 18.9 Å². The van der Waals surface area contributed by atoms with E-state index in [-0.39, 0.29) is 35.7 Å². The van der Waals surface area contributed by atoms with E-state index in [9.17, 15) is 13.2 Å². The highest BCUT2D eigenvalue weighted by Gasteiger charge is 2.30. The molecule has 0 unspecified atom stereocenters. The van der Waals surface area contributed by atoms with Crippen LogP contribution in [0, 0.1) is 0 Å². The Morgan fingerprint density at radius 3 is 2.56 bits per heavy atom. The van der Waals surface area contributed by atoms with Gasteiger partial charge in [0.15, 0.2) is 5.96 Å². The minimum atomic E-state index is -4.70. The molecule has 0 saturated carbocycles. The molecule has 1 aromatic heterocycles. The average Bonchev–Trinajstić information content (AvgIpc) is 2.90. The number of guanidine groups is 1. The number of aryl methyl sites for hydroxylation is 2. The summed E-state index contributed by atoms with van der Waals surface area (Å²) in [5.74, 6) is -0.0919.